The minimum atomic E-state index is -2.90. The molecular weight excluding hydrogens is 275 g/mol. The van der Waals surface area contributed by atoms with E-state index in [1.807, 2.05) is 0 Å². The van der Waals surface area contributed by atoms with Gasteiger partial charge in [-0.2, -0.15) is 0 Å². The van der Waals surface area contributed by atoms with Crippen LogP contribution in [0.1, 0.15) is 6.42 Å². The van der Waals surface area contributed by atoms with E-state index in [1.165, 1.54) is 23.5 Å². The van der Waals surface area contributed by atoms with Crippen LogP contribution in [0.4, 0.5) is 9.52 Å². The number of fused-ring (bicyclic) bond motifs is 1. The molecule has 0 aliphatic carbocycles. The Hall–Kier alpha value is -1.21. The average Bonchev–Trinajstić information content (AvgIpc) is 2.81. The van der Waals surface area contributed by atoms with Gasteiger partial charge in [-0.15, -0.1) is 0 Å². The number of thiazole rings is 1. The lowest BCUT2D eigenvalue weighted by Gasteiger charge is -2.07. The van der Waals surface area contributed by atoms with Gasteiger partial charge in [0.25, 0.3) is 0 Å². The largest absolute Gasteiger partial charge is 0.358 e. The molecule has 1 aromatic heterocycles. The van der Waals surface area contributed by atoms with Gasteiger partial charge in [-0.3, -0.25) is 0 Å². The molecule has 0 amide bonds. The Kier molecular flexibility index (Phi) is 2.74. The topological polar surface area (TPSA) is 59.1 Å². The van der Waals surface area contributed by atoms with Crippen molar-refractivity contribution < 1.29 is 12.8 Å². The third kappa shape index (κ3) is 2.32. The zero-order valence-corrected chi connectivity index (χ0v) is 11.0. The summed E-state index contributed by atoms with van der Waals surface area (Å²) in [6.45, 7) is 0. The highest BCUT2D eigenvalue weighted by Crippen LogP contribution is 2.28. The van der Waals surface area contributed by atoms with E-state index >= 15 is 0 Å². The number of halogens is 1. The van der Waals surface area contributed by atoms with Crippen molar-refractivity contribution in [1.82, 2.24) is 4.98 Å². The molecule has 2 heterocycles. The van der Waals surface area contributed by atoms with Gasteiger partial charge >= 0.3 is 0 Å². The van der Waals surface area contributed by atoms with Gasteiger partial charge in [0.05, 0.1) is 21.7 Å². The van der Waals surface area contributed by atoms with E-state index in [0.29, 0.717) is 11.6 Å². The monoisotopic (exact) mass is 286 g/mol. The molecule has 1 atom stereocenters. The summed E-state index contributed by atoms with van der Waals surface area (Å²) in [5, 5.41) is 3.76. The molecule has 1 saturated heterocycles. The summed E-state index contributed by atoms with van der Waals surface area (Å²) >= 11 is 1.34. The van der Waals surface area contributed by atoms with Gasteiger partial charge in [0.1, 0.15) is 5.82 Å². The molecule has 0 radical (unpaired) electrons. The summed E-state index contributed by atoms with van der Waals surface area (Å²) < 4.78 is 36.5. The molecule has 1 unspecified atom stereocenters. The van der Waals surface area contributed by atoms with Crippen molar-refractivity contribution >= 4 is 36.5 Å². The molecule has 18 heavy (non-hydrogen) atoms. The highest BCUT2D eigenvalue weighted by Gasteiger charge is 2.28. The maximum absolute atomic E-state index is 13.0. The molecule has 0 saturated carbocycles. The van der Waals surface area contributed by atoms with Crippen molar-refractivity contribution in [2.75, 3.05) is 16.8 Å². The van der Waals surface area contributed by atoms with Crippen LogP contribution in [0.5, 0.6) is 0 Å². The van der Waals surface area contributed by atoms with Crippen molar-refractivity contribution in [1.29, 1.82) is 0 Å². The highest BCUT2D eigenvalue weighted by atomic mass is 32.2. The van der Waals surface area contributed by atoms with E-state index in [9.17, 15) is 12.8 Å². The molecule has 1 aromatic carbocycles. The maximum Gasteiger partial charge on any atom is 0.184 e. The molecule has 3 rings (SSSR count). The second kappa shape index (κ2) is 4.17. The molecule has 1 N–H and O–H groups in total. The minimum Gasteiger partial charge on any atom is -0.358 e. The summed E-state index contributed by atoms with van der Waals surface area (Å²) in [6, 6.07) is 4.34. The lowest BCUT2D eigenvalue weighted by Crippen LogP contribution is -2.20. The van der Waals surface area contributed by atoms with Gasteiger partial charge in [-0.25, -0.2) is 17.8 Å². The van der Waals surface area contributed by atoms with Gasteiger partial charge in [0.15, 0.2) is 15.0 Å². The van der Waals surface area contributed by atoms with E-state index in [0.717, 1.165) is 10.2 Å². The van der Waals surface area contributed by atoms with Crippen LogP contribution in [0.3, 0.4) is 0 Å². The first kappa shape index (κ1) is 11.9. The smallest absolute Gasteiger partial charge is 0.184 e. The molecule has 1 aliphatic heterocycles. The second-order valence-electron chi connectivity index (χ2n) is 4.38. The van der Waals surface area contributed by atoms with Crippen molar-refractivity contribution in [3.8, 4) is 0 Å². The first-order valence-electron chi connectivity index (χ1n) is 5.55. The third-order valence-electron chi connectivity index (χ3n) is 2.91. The van der Waals surface area contributed by atoms with Crippen LogP contribution >= 0.6 is 11.3 Å². The molecule has 96 valence electrons. The Balaban J connectivity index is 1.83. The predicted octanol–water partition coefficient (Wildman–Crippen LogP) is 2.03. The summed E-state index contributed by atoms with van der Waals surface area (Å²) in [6.07, 6.45) is 0.604. The third-order valence-corrected chi connectivity index (χ3v) is 5.63. The van der Waals surface area contributed by atoms with Crippen LogP contribution in [0.25, 0.3) is 10.2 Å². The Labute approximate surface area is 108 Å². The van der Waals surface area contributed by atoms with Crippen molar-refractivity contribution in [3.63, 3.8) is 0 Å². The molecule has 0 spiro atoms. The number of anilines is 1. The van der Waals surface area contributed by atoms with Gasteiger partial charge in [-0.1, -0.05) is 11.3 Å². The van der Waals surface area contributed by atoms with Crippen LogP contribution < -0.4 is 5.32 Å². The number of rotatable bonds is 2. The van der Waals surface area contributed by atoms with E-state index in [1.54, 1.807) is 6.07 Å². The van der Waals surface area contributed by atoms with Crippen LogP contribution in [0.15, 0.2) is 18.2 Å². The fraction of sp³-hybridized carbons (Fsp3) is 0.364. The van der Waals surface area contributed by atoms with E-state index in [4.69, 9.17) is 0 Å². The van der Waals surface area contributed by atoms with Crippen LogP contribution in [-0.2, 0) is 9.84 Å². The van der Waals surface area contributed by atoms with E-state index < -0.39 is 9.84 Å². The molecular formula is C11H11FN2O2S2. The first-order chi connectivity index (χ1) is 8.52. The number of nitrogens with zero attached hydrogens (tertiary/aromatic N) is 1. The predicted molar refractivity (Wildman–Crippen MR) is 70.3 cm³/mol. The van der Waals surface area contributed by atoms with Crippen LogP contribution in [-0.4, -0.2) is 30.9 Å². The summed E-state index contributed by atoms with van der Waals surface area (Å²) in [5.41, 5.74) is 0.727. The van der Waals surface area contributed by atoms with Gasteiger partial charge < -0.3 is 5.32 Å². The molecule has 1 aliphatic rings. The zero-order valence-electron chi connectivity index (χ0n) is 9.39. The summed E-state index contributed by atoms with van der Waals surface area (Å²) in [7, 11) is -2.90. The number of hydrogen-bond acceptors (Lipinski definition) is 5. The summed E-state index contributed by atoms with van der Waals surface area (Å²) in [5.74, 6) is 0.0859. The van der Waals surface area contributed by atoms with Gasteiger partial charge in [0, 0.05) is 6.04 Å². The van der Waals surface area contributed by atoms with Crippen molar-refractivity contribution in [2.24, 2.45) is 0 Å². The van der Waals surface area contributed by atoms with Crippen molar-refractivity contribution in [3.05, 3.63) is 24.0 Å². The van der Waals surface area contributed by atoms with E-state index in [-0.39, 0.29) is 23.4 Å². The van der Waals surface area contributed by atoms with Crippen molar-refractivity contribution in [2.45, 2.75) is 12.5 Å². The van der Waals surface area contributed by atoms with Gasteiger partial charge in [0.2, 0.25) is 0 Å². The Bertz CT molecular complexity index is 696. The lowest BCUT2D eigenvalue weighted by molar-refractivity contribution is 0.602. The van der Waals surface area contributed by atoms with Crippen LogP contribution in [0, 0.1) is 5.82 Å². The molecule has 4 nitrogen and oxygen atoms in total. The number of aromatic nitrogens is 1. The first-order valence-corrected chi connectivity index (χ1v) is 8.19. The van der Waals surface area contributed by atoms with Gasteiger partial charge in [-0.05, 0) is 24.6 Å². The average molecular weight is 286 g/mol. The standard InChI is InChI=1S/C11H11FN2O2S2/c12-7-1-2-9-10(5-7)17-11(14-9)13-8-3-4-18(15,16)6-8/h1-2,5,8H,3-4,6H2,(H,13,14). The number of hydrogen-bond donors (Lipinski definition) is 1. The molecule has 2 aromatic rings. The van der Waals surface area contributed by atoms with Crippen LogP contribution in [0.2, 0.25) is 0 Å². The number of sulfone groups is 1. The van der Waals surface area contributed by atoms with E-state index in [2.05, 4.69) is 10.3 Å². The molecule has 7 heteroatoms. The number of nitrogens with one attached hydrogen (secondary N) is 1. The lowest BCUT2D eigenvalue weighted by atomic mass is 10.3. The highest BCUT2D eigenvalue weighted by molar-refractivity contribution is 7.91. The fourth-order valence-electron chi connectivity index (χ4n) is 2.04. The zero-order chi connectivity index (χ0) is 12.8. The maximum atomic E-state index is 13.0. The fourth-order valence-corrected chi connectivity index (χ4v) is 4.68. The minimum absolute atomic E-state index is 0.0830. The molecule has 0 bridgehead atoms. The number of benzene rings is 1. The SMILES string of the molecule is O=S1(=O)CCC(Nc2nc3ccc(F)cc3s2)C1. The second-order valence-corrected chi connectivity index (χ2v) is 7.63. The summed E-state index contributed by atoms with van der Waals surface area (Å²) in [4.78, 5) is 4.31. The quantitative estimate of drug-likeness (QED) is 0.917. The Morgan fingerprint density at radius 2 is 2.28 bits per heavy atom. The Morgan fingerprint density at radius 3 is 3.00 bits per heavy atom. The Morgan fingerprint density at radius 1 is 1.44 bits per heavy atom. The molecule has 1 fully saturated rings. The normalized spacial score (nSPS) is 22.4.